The average Bonchev–Trinajstić information content (AvgIpc) is 2.05. The minimum Gasteiger partial charge on any atom is -0.391 e. The lowest BCUT2D eigenvalue weighted by molar-refractivity contribution is 0.0609. The predicted molar refractivity (Wildman–Crippen MR) is 52.7 cm³/mol. The molecule has 0 fully saturated rings. The summed E-state index contributed by atoms with van der Waals surface area (Å²) in [5.41, 5.74) is 5.47. The van der Waals surface area contributed by atoms with Gasteiger partial charge in [-0.25, -0.2) is 0 Å². The second-order valence-corrected chi connectivity index (χ2v) is 2.70. The molecule has 13 heavy (non-hydrogen) atoms. The Labute approximate surface area is 79.0 Å². The van der Waals surface area contributed by atoms with E-state index in [9.17, 15) is 5.11 Å². The topological polar surface area (TPSA) is 79.9 Å². The van der Waals surface area contributed by atoms with Crippen molar-refractivity contribution in [2.45, 2.75) is 19.4 Å². The molecule has 0 bridgehead atoms. The number of nitrogens with one attached hydrogen (secondary N) is 1. The number of aliphatic hydroxyl groups is 1. The molecule has 1 atom stereocenters. The van der Waals surface area contributed by atoms with Crippen LogP contribution in [0.1, 0.15) is 13.3 Å². The van der Waals surface area contributed by atoms with Crippen molar-refractivity contribution in [2.24, 2.45) is 10.7 Å². The first-order chi connectivity index (χ1) is 6.20. The molecule has 0 aliphatic rings. The van der Waals surface area contributed by atoms with Gasteiger partial charge in [-0.05, 0) is 13.3 Å². The molecule has 0 aliphatic heterocycles. The predicted octanol–water partition coefficient (Wildman–Crippen LogP) is -0.692. The molecule has 0 aromatic rings. The molecule has 0 aliphatic carbocycles. The fourth-order valence-electron chi connectivity index (χ4n) is 0.847. The van der Waals surface area contributed by atoms with Crippen LogP contribution in [0.3, 0.4) is 0 Å². The van der Waals surface area contributed by atoms with Crippen LogP contribution in [-0.2, 0) is 4.74 Å². The van der Waals surface area contributed by atoms with Gasteiger partial charge in [0.25, 0.3) is 0 Å². The maximum atomic E-state index is 9.24. The van der Waals surface area contributed by atoms with Crippen LogP contribution in [0.4, 0.5) is 0 Å². The van der Waals surface area contributed by atoms with Gasteiger partial charge >= 0.3 is 0 Å². The summed E-state index contributed by atoms with van der Waals surface area (Å²) in [5.74, 6) is 0.423. The Bertz CT molecular complexity index is 150. The highest BCUT2D eigenvalue weighted by molar-refractivity contribution is 5.77. The molecule has 0 saturated carbocycles. The van der Waals surface area contributed by atoms with Crippen molar-refractivity contribution in [3.63, 3.8) is 0 Å². The lowest BCUT2D eigenvalue weighted by Crippen LogP contribution is -2.31. The third-order valence-corrected chi connectivity index (χ3v) is 1.46. The molecule has 1 unspecified atom stereocenters. The monoisotopic (exact) mass is 189 g/mol. The molecule has 0 heterocycles. The summed E-state index contributed by atoms with van der Waals surface area (Å²) in [5, 5.41) is 12.1. The van der Waals surface area contributed by atoms with Gasteiger partial charge in [-0.2, -0.15) is 0 Å². The lowest BCUT2D eigenvalue weighted by Gasteiger charge is -2.07. The van der Waals surface area contributed by atoms with Crippen LogP contribution in [0.5, 0.6) is 0 Å². The SMILES string of the molecule is CCNC(N)=NCCC(O)COC. The minimum absolute atomic E-state index is 0.344. The van der Waals surface area contributed by atoms with Gasteiger partial charge in [0.15, 0.2) is 5.96 Å². The zero-order valence-electron chi connectivity index (χ0n) is 8.29. The van der Waals surface area contributed by atoms with Crippen LogP contribution in [0.25, 0.3) is 0 Å². The first-order valence-corrected chi connectivity index (χ1v) is 4.41. The Balaban J connectivity index is 3.47. The van der Waals surface area contributed by atoms with E-state index in [4.69, 9.17) is 10.5 Å². The lowest BCUT2D eigenvalue weighted by atomic mass is 10.3. The van der Waals surface area contributed by atoms with Gasteiger partial charge in [0.2, 0.25) is 0 Å². The molecule has 0 rings (SSSR count). The van der Waals surface area contributed by atoms with Gasteiger partial charge in [0.1, 0.15) is 0 Å². The number of ether oxygens (including phenoxy) is 1. The summed E-state index contributed by atoms with van der Waals surface area (Å²) in [4.78, 5) is 4.00. The van der Waals surface area contributed by atoms with Crippen molar-refractivity contribution in [3.8, 4) is 0 Å². The van der Waals surface area contributed by atoms with Crippen LogP contribution in [0.15, 0.2) is 4.99 Å². The summed E-state index contributed by atoms with van der Waals surface area (Å²) in [6, 6.07) is 0. The first kappa shape index (κ1) is 12.2. The van der Waals surface area contributed by atoms with Crippen LogP contribution < -0.4 is 11.1 Å². The average molecular weight is 189 g/mol. The number of guanidine groups is 1. The van der Waals surface area contributed by atoms with Crippen LogP contribution in [0.2, 0.25) is 0 Å². The van der Waals surface area contributed by atoms with E-state index in [0.717, 1.165) is 6.54 Å². The van der Waals surface area contributed by atoms with E-state index in [1.54, 1.807) is 7.11 Å². The highest BCUT2D eigenvalue weighted by Crippen LogP contribution is 1.91. The minimum atomic E-state index is -0.455. The van der Waals surface area contributed by atoms with E-state index in [-0.39, 0.29) is 0 Å². The highest BCUT2D eigenvalue weighted by atomic mass is 16.5. The molecule has 4 N–H and O–H groups in total. The van der Waals surface area contributed by atoms with E-state index in [0.29, 0.717) is 25.5 Å². The normalized spacial score (nSPS) is 14.2. The summed E-state index contributed by atoms with van der Waals surface area (Å²) < 4.78 is 4.76. The number of methoxy groups -OCH3 is 1. The third kappa shape index (κ3) is 7.55. The van der Waals surface area contributed by atoms with Crippen LogP contribution in [-0.4, -0.2) is 44.0 Å². The molecule has 0 amide bonds. The van der Waals surface area contributed by atoms with Crippen LogP contribution >= 0.6 is 0 Å². The Morgan fingerprint density at radius 2 is 2.38 bits per heavy atom. The molecule has 0 radical (unpaired) electrons. The largest absolute Gasteiger partial charge is 0.391 e. The number of nitrogens with two attached hydrogens (primary N) is 1. The summed E-state index contributed by atoms with van der Waals surface area (Å²) in [7, 11) is 1.56. The molecule has 0 saturated heterocycles. The van der Waals surface area contributed by atoms with Crippen molar-refractivity contribution < 1.29 is 9.84 Å². The quantitative estimate of drug-likeness (QED) is 0.381. The van der Waals surface area contributed by atoms with E-state index >= 15 is 0 Å². The van der Waals surface area contributed by atoms with E-state index in [1.807, 2.05) is 6.92 Å². The Morgan fingerprint density at radius 1 is 1.69 bits per heavy atom. The third-order valence-electron chi connectivity index (χ3n) is 1.46. The molecule has 0 aromatic heterocycles. The first-order valence-electron chi connectivity index (χ1n) is 4.41. The number of rotatable bonds is 6. The smallest absolute Gasteiger partial charge is 0.188 e. The molecule has 0 aromatic carbocycles. The van der Waals surface area contributed by atoms with Gasteiger partial charge in [-0.1, -0.05) is 0 Å². The second-order valence-electron chi connectivity index (χ2n) is 2.70. The van der Waals surface area contributed by atoms with Crippen molar-refractivity contribution in [1.29, 1.82) is 0 Å². The number of hydrogen-bond donors (Lipinski definition) is 3. The maximum Gasteiger partial charge on any atom is 0.188 e. The molecular formula is C8H19N3O2. The van der Waals surface area contributed by atoms with Gasteiger partial charge in [0, 0.05) is 20.2 Å². The molecular weight excluding hydrogens is 170 g/mol. The Kier molecular flexibility index (Phi) is 7.33. The molecule has 0 spiro atoms. The zero-order valence-corrected chi connectivity index (χ0v) is 8.29. The Morgan fingerprint density at radius 3 is 2.92 bits per heavy atom. The highest BCUT2D eigenvalue weighted by Gasteiger charge is 2.01. The van der Waals surface area contributed by atoms with E-state index in [2.05, 4.69) is 10.3 Å². The van der Waals surface area contributed by atoms with Gasteiger partial charge in [-0.3, -0.25) is 4.99 Å². The molecule has 5 nitrogen and oxygen atoms in total. The summed E-state index contributed by atoms with van der Waals surface area (Å²) in [6.45, 7) is 3.57. The zero-order chi connectivity index (χ0) is 10.1. The number of aliphatic hydroxyl groups excluding tert-OH is 1. The maximum absolute atomic E-state index is 9.24. The van der Waals surface area contributed by atoms with E-state index in [1.165, 1.54) is 0 Å². The van der Waals surface area contributed by atoms with Crippen molar-refractivity contribution >= 4 is 5.96 Å². The van der Waals surface area contributed by atoms with Crippen molar-refractivity contribution in [1.82, 2.24) is 5.32 Å². The van der Waals surface area contributed by atoms with Crippen molar-refractivity contribution in [2.75, 3.05) is 26.8 Å². The number of aliphatic imine (C=N–C) groups is 1. The summed E-state index contributed by atoms with van der Waals surface area (Å²) >= 11 is 0. The second kappa shape index (κ2) is 7.82. The van der Waals surface area contributed by atoms with Gasteiger partial charge in [0.05, 0.1) is 12.7 Å². The fraction of sp³-hybridized carbons (Fsp3) is 0.875. The number of hydrogen-bond acceptors (Lipinski definition) is 3. The fourth-order valence-corrected chi connectivity index (χ4v) is 0.847. The Hall–Kier alpha value is -0.810. The van der Waals surface area contributed by atoms with Crippen LogP contribution in [0, 0.1) is 0 Å². The molecule has 78 valence electrons. The van der Waals surface area contributed by atoms with Crippen molar-refractivity contribution in [3.05, 3.63) is 0 Å². The number of nitrogens with zero attached hydrogens (tertiary/aromatic N) is 1. The van der Waals surface area contributed by atoms with Gasteiger partial charge < -0.3 is 20.9 Å². The van der Waals surface area contributed by atoms with E-state index < -0.39 is 6.10 Å². The standard InChI is InChI=1S/C8H19N3O2/c1-3-10-8(9)11-5-4-7(12)6-13-2/h7,12H,3-6H2,1-2H3,(H3,9,10,11). The van der Waals surface area contributed by atoms with Gasteiger partial charge in [-0.15, -0.1) is 0 Å². The molecule has 5 heteroatoms. The summed E-state index contributed by atoms with van der Waals surface area (Å²) in [6.07, 6.45) is 0.114.